The molecule has 0 amide bonds. The standard InChI is InChI=1S/C21H24N2O/c1-4-22(5-2)18-13-12-17-14-19(16-10-8-7-9-11-16)21(24)23(6-3)20(17)15-18/h7-15H,4-6H2,1-3H3. The highest BCUT2D eigenvalue weighted by Gasteiger charge is 2.11. The molecule has 3 heteroatoms. The van der Waals surface area contributed by atoms with Gasteiger partial charge in [-0.05, 0) is 49.9 Å². The number of aromatic nitrogens is 1. The van der Waals surface area contributed by atoms with E-state index in [4.69, 9.17) is 0 Å². The Kier molecular flexibility index (Phi) is 4.70. The largest absolute Gasteiger partial charge is 0.372 e. The molecule has 3 nitrogen and oxygen atoms in total. The molecule has 0 N–H and O–H groups in total. The lowest BCUT2D eigenvalue weighted by molar-refractivity contribution is 0.761. The summed E-state index contributed by atoms with van der Waals surface area (Å²) in [7, 11) is 0. The van der Waals surface area contributed by atoms with Gasteiger partial charge in [0.2, 0.25) is 0 Å². The first-order valence-corrected chi connectivity index (χ1v) is 8.67. The van der Waals surface area contributed by atoms with E-state index in [-0.39, 0.29) is 5.56 Å². The summed E-state index contributed by atoms with van der Waals surface area (Å²) in [4.78, 5) is 15.3. The smallest absolute Gasteiger partial charge is 0.258 e. The van der Waals surface area contributed by atoms with Crippen molar-refractivity contribution in [2.24, 2.45) is 0 Å². The Labute approximate surface area is 143 Å². The van der Waals surface area contributed by atoms with Crippen molar-refractivity contribution in [3.63, 3.8) is 0 Å². The normalized spacial score (nSPS) is 11.0. The van der Waals surface area contributed by atoms with Crippen molar-refractivity contribution in [3.8, 4) is 11.1 Å². The highest BCUT2D eigenvalue weighted by molar-refractivity contribution is 5.87. The molecular weight excluding hydrogens is 296 g/mol. The molecule has 0 radical (unpaired) electrons. The quantitative estimate of drug-likeness (QED) is 0.690. The highest BCUT2D eigenvalue weighted by atomic mass is 16.1. The second kappa shape index (κ2) is 6.91. The highest BCUT2D eigenvalue weighted by Crippen LogP contribution is 2.25. The predicted octanol–water partition coefficient (Wildman–Crippen LogP) is 4.53. The van der Waals surface area contributed by atoms with Crippen LogP contribution in [0.5, 0.6) is 0 Å². The van der Waals surface area contributed by atoms with Gasteiger partial charge in [-0.1, -0.05) is 36.4 Å². The van der Waals surface area contributed by atoms with Crippen LogP contribution in [0, 0.1) is 0 Å². The first-order chi connectivity index (χ1) is 11.7. The molecule has 124 valence electrons. The average Bonchev–Trinajstić information content (AvgIpc) is 2.63. The van der Waals surface area contributed by atoms with Gasteiger partial charge < -0.3 is 9.47 Å². The van der Waals surface area contributed by atoms with E-state index in [1.54, 1.807) is 0 Å². The summed E-state index contributed by atoms with van der Waals surface area (Å²) in [5.41, 5.74) is 3.99. The molecule has 0 fully saturated rings. The number of anilines is 1. The minimum atomic E-state index is 0.0768. The van der Waals surface area contributed by atoms with Gasteiger partial charge in [0, 0.05) is 30.9 Å². The zero-order valence-corrected chi connectivity index (χ0v) is 14.6. The zero-order chi connectivity index (χ0) is 17.1. The fourth-order valence-electron chi connectivity index (χ4n) is 3.28. The summed E-state index contributed by atoms with van der Waals surface area (Å²) in [5, 5.41) is 1.10. The SMILES string of the molecule is CCN(CC)c1ccc2cc(-c3ccccc3)c(=O)n(CC)c2c1. The number of hydrogen-bond donors (Lipinski definition) is 0. The Hall–Kier alpha value is -2.55. The summed E-state index contributed by atoms with van der Waals surface area (Å²) in [6.45, 7) is 8.91. The van der Waals surface area contributed by atoms with E-state index in [1.165, 1.54) is 5.69 Å². The molecule has 2 aromatic carbocycles. The van der Waals surface area contributed by atoms with Crippen molar-refractivity contribution < 1.29 is 0 Å². The maximum atomic E-state index is 13.0. The molecule has 1 aromatic heterocycles. The van der Waals surface area contributed by atoms with Crippen molar-refractivity contribution >= 4 is 16.6 Å². The fraction of sp³-hybridized carbons (Fsp3) is 0.286. The van der Waals surface area contributed by atoms with E-state index in [1.807, 2.05) is 47.9 Å². The van der Waals surface area contributed by atoms with Gasteiger partial charge in [-0.15, -0.1) is 0 Å². The first kappa shape index (κ1) is 16.3. The Bertz CT molecular complexity index is 893. The van der Waals surface area contributed by atoms with Gasteiger partial charge in [0.05, 0.1) is 5.52 Å². The van der Waals surface area contributed by atoms with E-state index in [2.05, 4.69) is 36.9 Å². The van der Waals surface area contributed by atoms with Gasteiger partial charge in [0.25, 0.3) is 5.56 Å². The summed E-state index contributed by atoms with van der Waals surface area (Å²) < 4.78 is 1.88. The van der Waals surface area contributed by atoms with E-state index in [9.17, 15) is 4.79 Å². The number of hydrogen-bond acceptors (Lipinski definition) is 2. The first-order valence-electron chi connectivity index (χ1n) is 8.67. The van der Waals surface area contributed by atoms with Crippen LogP contribution in [0.1, 0.15) is 20.8 Å². The van der Waals surface area contributed by atoms with Crippen LogP contribution >= 0.6 is 0 Å². The number of pyridine rings is 1. The van der Waals surface area contributed by atoms with Crippen LogP contribution in [0.3, 0.4) is 0 Å². The molecule has 3 rings (SSSR count). The molecule has 0 bridgehead atoms. The topological polar surface area (TPSA) is 25.2 Å². The predicted molar refractivity (Wildman–Crippen MR) is 103 cm³/mol. The number of benzene rings is 2. The van der Waals surface area contributed by atoms with E-state index >= 15 is 0 Å². The molecule has 0 spiro atoms. The maximum absolute atomic E-state index is 13.0. The van der Waals surface area contributed by atoms with Gasteiger partial charge in [-0.3, -0.25) is 4.79 Å². The minimum absolute atomic E-state index is 0.0768. The van der Waals surface area contributed by atoms with Gasteiger partial charge in [0.1, 0.15) is 0 Å². The van der Waals surface area contributed by atoms with Crippen LogP contribution in [0.2, 0.25) is 0 Å². The zero-order valence-electron chi connectivity index (χ0n) is 14.6. The Morgan fingerprint density at radius 3 is 2.25 bits per heavy atom. The van der Waals surface area contributed by atoms with E-state index in [0.29, 0.717) is 6.54 Å². The fourth-order valence-corrected chi connectivity index (χ4v) is 3.28. The molecule has 0 aliphatic rings. The van der Waals surface area contributed by atoms with Crippen molar-refractivity contribution in [3.05, 3.63) is 65.0 Å². The molecule has 3 aromatic rings. The van der Waals surface area contributed by atoms with E-state index < -0.39 is 0 Å². The summed E-state index contributed by atoms with van der Waals surface area (Å²) >= 11 is 0. The third-order valence-electron chi connectivity index (χ3n) is 4.61. The molecule has 0 aliphatic carbocycles. The van der Waals surface area contributed by atoms with Gasteiger partial charge in [-0.25, -0.2) is 0 Å². The average molecular weight is 320 g/mol. The van der Waals surface area contributed by atoms with Crippen molar-refractivity contribution in [2.75, 3.05) is 18.0 Å². The van der Waals surface area contributed by atoms with Gasteiger partial charge in [0.15, 0.2) is 0 Å². The van der Waals surface area contributed by atoms with Crippen LogP contribution in [-0.2, 0) is 6.54 Å². The maximum Gasteiger partial charge on any atom is 0.258 e. The second-order valence-corrected chi connectivity index (χ2v) is 5.89. The molecule has 0 saturated heterocycles. The van der Waals surface area contributed by atoms with E-state index in [0.717, 1.165) is 35.1 Å². The van der Waals surface area contributed by atoms with Crippen molar-refractivity contribution in [1.29, 1.82) is 0 Å². The van der Waals surface area contributed by atoms with Crippen LogP contribution < -0.4 is 10.5 Å². The Morgan fingerprint density at radius 1 is 0.917 bits per heavy atom. The molecule has 0 unspecified atom stereocenters. The number of nitrogens with zero attached hydrogens (tertiary/aromatic N) is 2. The van der Waals surface area contributed by atoms with Crippen LogP contribution in [0.25, 0.3) is 22.0 Å². The molecule has 24 heavy (non-hydrogen) atoms. The summed E-state index contributed by atoms with van der Waals surface area (Å²) in [6.07, 6.45) is 0. The number of fused-ring (bicyclic) bond motifs is 1. The third-order valence-corrected chi connectivity index (χ3v) is 4.61. The van der Waals surface area contributed by atoms with Gasteiger partial charge >= 0.3 is 0 Å². The summed E-state index contributed by atoms with van der Waals surface area (Å²) in [5.74, 6) is 0. The minimum Gasteiger partial charge on any atom is -0.372 e. The van der Waals surface area contributed by atoms with Crippen LogP contribution in [-0.4, -0.2) is 17.7 Å². The monoisotopic (exact) mass is 320 g/mol. The second-order valence-electron chi connectivity index (χ2n) is 5.89. The number of rotatable bonds is 5. The van der Waals surface area contributed by atoms with Crippen LogP contribution in [0.4, 0.5) is 5.69 Å². The van der Waals surface area contributed by atoms with Gasteiger partial charge in [-0.2, -0.15) is 0 Å². The lowest BCUT2D eigenvalue weighted by Gasteiger charge is -2.22. The summed E-state index contributed by atoms with van der Waals surface area (Å²) in [6, 6.07) is 18.3. The third kappa shape index (κ3) is 2.82. The molecule has 0 saturated carbocycles. The Balaban J connectivity index is 2.25. The lowest BCUT2D eigenvalue weighted by atomic mass is 10.0. The number of aryl methyl sites for hydroxylation is 1. The lowest BCUT2D eigenvalue weighted by Crippen LogP contribution is -2.23. The molecular formula is C21H24N2O. The van der Waals surface area contributed by atoms with Crippen LogP contribution in [0.15, 0.2) is 59.4 Å². The molecule has 0 aliphatic heterocycles. The molecule has 1 heterocycles. The van der Waals surface area contributed by atoms with Crippen molar-refractivity contribution in [2.45, 2.75) is 27.3 Å². The van der Waals surface area contributed by atoms with Crippen molar-refractivity contribution in [1.82, 2.24) is 4.57 Å². The molecule has 0 atom stereocenters. The Morgan fingerprint density at radius 2 is 1.62 bits per heavy atom.